The fourth-order valence-corrected chi connectivity index (χ4v) is 5.39. The summed E-state index contributed by atoms with van der Waals surface area (Å²) in [4.78, 5) is 42.9. The van der Waals surface area contributed by atoms with Gasteiger partial charge in [0, 0.05) is 44.1 Å². The number of anilines is 1. The van der Waals surface area contributed by atoms with Gasteiger partial charge in [-0.3, -0.25) is 20.1 Å². The van der Waals surface area contributed by atoms with E-state index in [-0.39, 0.29) is 23.6 Å². The van der Waals surface area contributed by atoms with Crippen LogP contribution in [0.15, 0.2) is 18.2 Å². The summed E-state index contributed by atoms with van der Waals surface area (Å²) in [6.07, 6.45) is 2.95. The topological polar surface area (TPSA) is 123 Å². The Balaban J connectivity index is 1.25. The first-order valence-corrected chi connectivity index (χ1v) is 13.0. The number of urea groups is 1. The Morgan fingerprint density at radius 1 is 1.14 bits per heavy atom. The van der Waals surface area contributed by atoms with Gasteiger partial charge < -0.3 is 19.9 Å². The van der Waals surface area contributed by atoms with Crippen LogP contribution in [0.1, 0.15) is 53.2 Å². The van der Waals surface area contributed by atoms with Crippen molar-refractivity contribution in [2.75, 3.05) is 65.3 Å². The molecule has 2 saturated heterocycles. The van der Waals surface area contributed by atoms with Gasteiger partial charge >= 0.3 is 6.03 Å². The quantitative estimate of drug-likeness (QED) is 0.445. The summed E-state index contributed by atoms with van der Waals surface area (Å²) >= 11 is 0. The minimum absolute atomic E-state index is 0.102. The molecule has 11 nitrogen and oxygen atoms in total. The number of likely N-dealkylation sites (tertiary alicyclic amines) is 1. The fourth-order valence-electron chi connectivity index (χ4n) is 5.39. The molecule has 1 aliphatic carbocycles. The summed E-state index contributed by atoms with van der Waals surface area (Å²) < 4.78 is 5.31. The van der Waals surface area contributed by atoms with Gasteiger partial charge in [-0.05, 0) is 46.0 Å². The monoisotopic (exact) mass is 509 g/mol. The minimum atomic E-state index is -0.389. The number of hydrogen-bond donors (Lipinski definition) is 3. The second-order valence-corrected chi connectivity index (χ2v) is 10.1. The van der Waals surface area contributed by atoms with Crippen molar-refractivity contribution in [1.29, 1.82) is 0 Å². The number of aromatic nitrogens is 2. The standard InChI is InChI=1S/C26H35N7O4/c1-31(2)10-4-7-20(34)32-11-8-17(9-12-32)23-22-24(29-28-23)18-5-3-6-19(21(18)25(22)35)27-26(36)30-33-13-15-37-16-14-33/h3,5-6,17H,4,7-16H2,1-2H3,(H,28,29)(H2,27,30,36). The molecule has 37 heavy (non-hydrogen) atoms. The summed E-state index contributed by atoms with van der Waals surface area (Å²) in [5, 5.41) is 12.3. The summed E-state index contributed by atoms with van der Waals surface area (Å²) in [5.41, 5.74) is 6.58. The van der Waals surface area contributed by atoms with E-state index >= 15 is 0 Å². The Morgan fingerprint density at radius 3 is 2.62 bits per heavy atom. The van der Waals surface area contributed by atoms with E-state index in [2.05, 4.69) is 25.8 Å². The van der Waals surface area contributed by atoms with Crippen molar-refractivity contribution >= 4 is 23.4 Å². The van der Waals surface area contributed by atoms with E-state index in [4.69, 9.17) is 4.74 Å². The lowest BCUT2D eigenvalue weighted by Gasteiger charge is -2.31. The number of amides is 3. The highest BCUT2D eigenvalue weighted by molar-refractivity contribution is 6.25. The molecule has 0 atom stereocenters. The van der Waals surface area contributed by atoms with Gasteiger partial charge in [0.05, 0.1) is 41.4 Å². The summed E-state index contributed by atoms with van der Waals surface area (Å²) in [6.45, 7) is 4.58. The number of benzene rings is 1. The number of hydrazine groups is 1. The molecule has 0 unspecified atom stereocenters. The van der Waals surface area contributed by atoms with Crippen LogP contribution in [0.3, 0.4) is 0 Å². The van der Waals surface area contributed by atoms with Crippen LogP contribution in [0.5, 0.6) is 0 Å². The maximum absolute atomic E-state index is 13.6. The molecule has 198 valence electrons. The number of nitrogens with zero attached hydrogens (tertiary/aromatic N) is 4. The van der Waals surface area contributed by atoms with Gasteiger partial charge in [-0.15, -0.1) is 0 Å². The van der Waals surface area contributed by atoms with Crippen LogP contribution in [0.2, 0.25) is 0 Å². The molecule has 0 bridgehead atoms. The Hall–Kier alpha value is -3.28. The zero-order valence-corrected chi connectivity index (χ0v) is 21.5. The Labute approximate surface area is 216 Å². The highest BCUT2D eigenvalue weighted by Crippen LogP contribution is 2.43. The molecular weight excluding hydrogens is 474 g/mol. The number of carbonyl (C=O) groups is 3. The molecule has 3 amide bonds. The number of rotatable bonds is 7. The second kappa shape index (κ2) is 11.0. The number of aromatic amines is 1. The van der Waals surface area contributed by atoms with Crippen LogP contribution in [0, 0.1) is 0 Å². The van der Waals surface area contributed by atoms with E-state index in [1.165, 1.54) is 0 Å². The number of carbonyl (C=O) groups excluding carboxylic acids is 3. The van der Waals surface area contributed by atoms with Crippen molar-refractivity contribution in [2.45, 2.75) is 31.6 Å². The normalized spacial score (nSPS) is 18.1. The van der Waals surface area contributed by atoms with Crippen molar-refractivity contribution < 1.29 is 19.1 Å². The second-order valence-electron chi connectivity index (χ2n) is 10.1. The SMILES string of the molecule is CN(C)CCCC(=O)N1CCC(c2n[nH]c3c2C(=O)c2c(NC(=O)NN4CCOCC4)cccc2-3)CC1. The number of piperidine rings is 1. The van der Waals surface area contributed by atoms with E-state index in [9.17, 15) is 14.4 Å². The molecule has 0 saturated carbocycles. The summed E-state index contributed by atoms with van der Waals surface area (Å²) in [5.74, 6) is 0.172. The number of fused-ring (bicyclic) bond motifs is 3. The van der Waals surface area contributed by atoms with Gasteiger partial charge in [-0.1, -0.05) is 12.1 Å². The third-order valence-electron chi connectivity index (χ3n) is 7.33. The number of morpholine rings is 1. The van der Waals surface area contributed by atoms with E-state index in [1.54, 1.807) is 11.1 Å². The van der Waals surface area contributed by atoms with Gasteiger partial charge in [0.25, 0.3) is 0 Å². The number of ether oxygens (including phenoxy) is 1. The number of ketones is 1. The first kappa shape index (κ1) is 25.4. The molecule has 3 aliphatic rings. The average Bonchev–Trinajstić information content (AvgIpc) is 3.45. The van der Waals surface area contributed by atoms with Crippen molar-refractivity contribution in [1.82, 2.24) is 30.4 Å². The number of nitrogens with one attached hydrogen (secondary N) is 3. The van der Waals surface area contributed by atoms with Crippen molar-refractivity contribution in [3.63, 3.8) is 0 Å². The predicted octanol–water partition coefficient (Wildman–Crippen LogP) is 2.04. The number of hydrogen-bond acceptors (Lipinski definition) is 7. The molecule has 11 heteroatoms. The van der Waals surface area contributed by atoms with Gasteiger partial charge in [-0.2, -0.15) is 5.10 Å². The van der Waals surface area contributed by atoms with Gasteiger partial charge in [0.15, 0.2) is 5.78 Å². The smallest absolute Gasteiger partial charge is 0.333 e. The third-order valence-corrected chi connectivity index (χ3v) is 7.33. The lowest BCUT2D eigenvalue weighted by molar-refractivity contribution is -0.132. The van der Waals surface area contributed by atoms with Crippen LogP contribution in [0.4, 0.5) is 10.5 Å². The highest BCUT2D eigenvalue weighted by Gasteiger charge is 2.37. The molecule has 3 heterocycles. The van der Waals surface area contributed by atoms with Crippen molar-refractivity contribution in [2.24, 2.45) is 0 Å². The Morgan fingerprint density at radius 2 is 1.89 bits per heavy atom. The van der Waals surface area contributed by atoms with E-state index in [1.807, 2.05) is 31.1 Å². The minimum Gasteiger partial charge on any atom is -0.379 e. The van der Waals surface area contributed by atoms with Crippen LogP contribution in [0.25, 0.3) is 11.3 Å². The molecule has 1 aromatic carbocycles. The van der Waals surface area contributed by atoms with Gasteiger partial charge in [-0.25, -0.2) is 9.80 Å². The van der Waals surface area contributed by atoms with Crippen LogP contribution >= 0.6 is 0 Å². The molecule has 3 N–H and O–H groups in total. The van der Waals surface area contributed by atoms with E-state index < -0.39 is 0 Å². The predicted molar refractivity (Wildman–Crippen MR) is 138 cm³/mol. The number of H-pyrrole nitrogens is 1. The van der Waals surface area contributed by atoms with E-state index in [0.717, 1.165) is 37.1 Å². The molecule has 2 aromatic rings. The average molecular weight is 510 g/mol. The molecule has 5 rings (SSSR count). The van der Waals surface area contributed by atoms with Crippen molar-refractivity contribution in [3.8, 4) is 11.3 Å². The molecular formula is C26H35N7O4. The first-order chi connectivity index (χ1) is 17.9. The molecule has 1 aromatic heterocycles. The summed E-state index contributed by atoms with van der Waals surface area (Å²) in [7, 11) is 4.02. The summed E-state index contributed by atoms with van der Waals surface area (Å²) in [6, 6.07) is 5.06. The maximum atomic E-state index is 13.6. The molecule has 2 aliphatic heterocycles. The van der Waals surface area contributed by atoms with E-state index in [0.29, 0.717) is 68.3 Å². The molecule has 0 spiro atoms. The molecule has 2 fully saturated rings. The maximum Gasteiger partial charge on any atom is 0.333 e. The fraction of sp³-hybridized carbons (Fsp3) is 0.538. The van der Waals surface area contributed by atoms with Gasteiger partial charge in [0.1, 0.15) is 0 Å². The van der Waals surface area contributed by atoms with Gasteiger partial charge in [0.2, 0.25) is 5.91 Å². The van der Waals surface area contributed by atoms with Crippen LogP contribution in [-0.4, -0.2) is 103 Å². The Bertz CT molecular complexity index is 1160. The zero-order valence-electron chi connectivity index (χ0n) is 21.5. The van der Waals surface area contributed by atoms with Crippen LogP contribution < -0.4 is 10.7 Å². The highest BCUT2D eigenvalue weighted by atomic mass is 16.5. The lowest BCUT2D eigenvalue weighted by Crippen LogP contribution is -2.49. The lowest BCUT2D eigenvalue weighted by atomic mass is 9.90. The Kier molecular flexibility index (Phi) is 7.54. The first-order valence-electron chi connectivity index (χ1n) is 13.0. The van der Waals surface area contributed by atoms with Crippen LogP contribution in [-0.2, 0) is 9.53 Å². The largest absolute Gasteiger partial charge is 0.379 e. The zero-order chi connectivity index (χ0) is 25.9. The molecule has 0 radical (unpaired) electrons. The van der Waals surface area contributed by atoms with Crippen molar-refractivity contribution in [3.05, 3.63) is 35.0 Å². The third kappa shape index (κ3) is 5.39.